The third kappa shape index (κ3) is 3.64. The predicted octanol–water partition coefficient (Wildman–Crippen LogP) is 2.51. The van der Waals surface area contributed by atoms with Crippen molar-refractivity contribution >= 4 is 23.8 Å². The number of nitrogens with zero attached hydrogens (tertiary/aromatic N) is 5. The maximum absolute atomic E-state index is 13.6. The zero-order chi connectivity index (χ0) is 19.7. The van der Waals surface area contributed by atoms with E-state index in [1.165, 1.54) is 23.5 Å². The van der Waals surface area contributed by atoms with Gasteiger partial charge in [-0.3, -0.25) is 4.79 Å². The van der Waals surface area contributed by atoms with Gasteiger partial charge in [-0.05, 0) is 30.5 Å². The van der Waals surface area contributed by atoms with Gasteiger partial charge in [-0.2, -0.15) is 5.10 Å². The van der Waals surface area contributed by atoms with Gasteiger partial charge in [-0.25, -0.2) is 23.8 Å². The van der Waals surface area contributed by atoms with Gasteiger partial charge < -0.3 is 10.6 Å². The van der Waals surface area contributed by atoms with Crippen molar-refractivity contribution in [1.29, 1.82) is 0 Å². The Hall–Kier alpha value is -3.10. The highest BCUT2D eigenvalue weighted by Gasteiger charge is 2.35. The molecule has 2 aromatic rings. The lowest BCUT2D eigenvalue weighted by molar-refractivity contribution is -0.138. The Morgan fingerprint density at radius 2 is 1.79 bits per heavy atom. The number of hydrogen-bond acceptors (Lipinski definition) is 6. The van der Waals surface area contributed by atoms with Crippen molar-refractivity contribution < 1.29 is 13.6 Å². The van der Waals surface area contributed by atoms with E-state index in [2.05, 4.69) is 20.0 Å². The molecule has 7 nitrogen and oxygen atoms in total. The number of benzene rings is 1. The number of carbonyl (C=O) groups is 1. The first-order valence-electron chi connectivity index (χ1n) is 9.15. The monoisotopic (exact) mass is 386 g/mol. The third-order valence-electron chi connectivity index (χ3n) is 5.17. The largest absolute Gasteiger partial charge is 0.384 e. The Kier molecular flexibility index (Phi) is 4.89. The Balaban J connectivity index is 1.44. The van der Waals surface area contributed by atoms with Crippen LogP contribution in [-0.2, 0) is 4.79 Å². The zero-order valence-corrected chi connectivity index (χ0v) is 15.1. The SMILES string of the molecule is Nc1cc(N2CCC(C(=O)N3N=CC[C@H]3c3cc(F)cc(F)c3)CC2)ncn1. The Morgan fingerprint density at radius 1 is 1.07 bits per heavy atom. The molecular weight excluding hydrogens is 366 g/mol. The molecule has 28 heavy (non-hydrogen) atoms. The number of anilines is 2. The number of nitrogen functional groups attached to an aromatic ring is 1. The minimum absolute atomic E-state index is 0.120. The second-order valence-corrected chi connectivity index (χ2v) is 7.00. The highest BCUT2D eigenvalue weighted by molar-refractivity contribution is 5.82. The van der Waals surface area contributed by atoms with Crippen LogP contribution in [0.15, 0.2) is 35.7 Å². The summed E-state index contributed by atoms with van der Waals surface area (Å²) in [6, 6.07) is 4.57. The second-order valence-electron chi connectivity index (χ2n) is 7.00. The van der Waals surface area contributed by atoms with Gasteiger partial charge in [0.15, 0.2) is 0 Å². The number of hydrogen-bond donors (Lipinski definition) is 1. The van der Waals surface area contributed by atoms with E-state index in [4.69, 9.17) is 5.73 Å². The molecule has 1 aromatic carbocycles. The van der Waals surface area contributed by atoms with Gasteiger partial charge in [0.1, 0.15) is 29.6 Å². The van der Waals surface area contributed by atoms with Crippen molar-refractivity contribution in [1.82, 2.24) is 15.0 Å². The summed E-state index contributed by atoms with van der Waals surface area (Å²) >= 11 is 0. The highest BCUT2D eigenvalue weighted by atomic mass is 19.1. The summed E-state index contributed by atoms with van der Waals surface area (Å²) in [7, 11) is 0. The molecule has 1 saturated heterocycles. The van der Waals surface area contributed by atoms with Crippen LogP contribution in [0.4, 0.5) is 20.4 Å². The maximum Gasteiger partial charge on any atom is 0.246 e. The quantitative estimate of drug-likeness (QED) is 0.876. The molecule has 1 fully saturated rings. The summed E-state index contributed by atoms with van der Waals surface area (Å²) < 4.78 is 27.2. The maximum atomic E-state index is 13.6. The van der Waals surface area contributed by atoms with Crippen LogP contribution in [0.3, 0.4) is 0 Å². The summed E-state index contributed by atoms with van der Waals surface area (Å²) in [6.07, 6.45) is 4.75. The van der Waals surface area contributed by atoms with Crippen molar-refractivity contribution in [3.05, 3.63) is 47.8 Å². The Bertz CT molecular complexity index is 893. The lowest BCUT2D eigenvalue weighted by Gasteiger charge is -2.34. The van der Waals surface area contributed by atoms with Crippen molar-refractivity contribution in [3.8, 4) is 0 Å². The summed E-state index contributed by atoms with van der Waals surface area (Å²) in [4.78, 5) is 23.2. The average molecular weight is 386 g/mol. The summed E-state index contributed by atoms with van der Waals surface area (Å²) in [6.45, 7) is 1.31. The lowest BCUT2D eigenvalue weighted by atomic mass is 9.94. The van der Waals surface area contributed by atoms with Gasteiger partial charge >= 0.3 is 0 Å². The number of aromatic nitrogens is 2. The Labute approximate surface area is 160 Å². The predicted molar refractivity (Wildman–Crippen MR) is 100 cm³/mol. The standard InChI is InChI=1S/C19H20F2N6O/c20-14-7-13(8-15(21)9-14)16-1-4-25-27(16)19(28)12-2-5-26(6-3-12)18-10-17(22)23-11-24-18/h4,7-12,16H,1-3,5-6H2,(H2,22,23,24)/t16-/m0/s1. The van der Waals surface area contributed by atoms with Gasteiger partial charge in [0.25, 0.3) is 0 Å². The van der Waals surface area contributed by atoms with Gasteiger partial charge in [0.05, 0.1) is 6.04 Å². The van der Waals surface area contributed by atoms with E-state index in [1.54, 1.807) is 12.3 Å². The molecule has 3 heterocycles. The highest BCUT2D eigenvalue weighted by Crippen LogP contribution is 2.33. The number of amides is 1. The minimum atomic E-state index is -0.660. The molecule has 2 aliphatic heterocycles. The molecule has 1 aromatic heterocycles. The molecule has 2 aliphatic rings. The zero-order valence-electron chi connectivity index (χ0n) is 15.1. The van der Waals surface area contributed by atoms with E-state index in [0.717, 1.165) is 11.9 Å². The number of nitrogens with two attached hydrogens (primary N) is 1. The van der Waals surface area contributed by atoms with Crippen molar-refractivity contribution in [3.63, 3.8) is 0 Å². The van der Waals surface area contributed by atoms with E-state index in [0.29, 0.717) is 43.7 Å². The number of hydrazone groups is 1. The van der Waals surface area contributed by atoms with E-state index in [-0.39, 0.29) is 11.8 Å². The molecule has 2 N–H and O–H groups in total. The van der Waals surface area contributed by atoms with E-state index in [1.807, 2.05) is 0 Å². The van der Waals surface area contributed by atoms with Crippen LogP contribution in [0.1, 0.15) is 30.9 Å². The minimum Gasteiger partial charge on any atom is -0.384 e. The first-order chi connectivity index (χ1) is 13.5. The number of piperidine rings is 1. The van der Waals surface area contributed by atoms with Crippen LogP contribution < -0.4 is 10.6 Å². The Morgan fingerprint density at radius 3 is 2.46 bits per heavy atom. The summed E-state index contributed by atoms with van der Waals surface area (Å²) in [5.41, 5.74) is 6.12. The molecule has 0 bridgehead atoms. The fraction of sp³-hybridized carbons (Fsp3) is 0.368. The molecule has 0 saturated carbocycles. The molecule has 9 heteroatoms. The van der Waals surface area contributed by atoms with Crippen LogP contribution in [0.2, 0.25) is 0 Å². The normalized spacial score (nSPS) is 20.0. The topological polar surface area (TPSA) is 87.7 Å². The van der Waals surface area contributed by atoms with Crippen molar-refractivity contribution in [2.75, 3.05) is 23.7 Å². The average Bonchev–Trinajstić information content (AvgIpc) is 3.17. The van der Waals surface area contributed by atoms with Crippen LogP contribution in [-0.4, -0.2) is 40.2 Å². The molecule has 146 valence electrons. The number of carbonyl (C=O) groups excluding carboxylic acids is 1. The van der Waals surface area contributed by atoms with Gasteiger partial charge in [-0.1, -0.05) is 0 Å². The molecule has 0 unspecified atom stereocenters. The molecule has 0 radical (unpaired) electrons. The fourth-order valence-corrected chi connectivity index (χ4v) is 3.75. The van der Waals surface area contributed by atoms with Crippen LogP contribution in [0, 0.1) is 17.6 Å². The van der Waals surface area contributed by atoms with E-state index >= 15 is 0 Å². The summed E-state index contributed by atoms with van der Waals surface area (Å²) in [5, 5.41) is 5.55. The molecule has 4 rings (SSSR count). The van der Waals surface area contributed by atoms with E-state index in [9.17, 15) is 13.6 Å². The molecule has 0 spiro atoms. The van der Waals surface area contributed by atoms with Gasteiger partial charge in [0, 0.05) is 43.8 Å². The van der Waals surface area contributed by atoms with Gasteiger partial charge in [-0.15, -0.1) is 0 Å². The first-order valence-corrected chi connectivity index (χ1v) is 9.15. The molecule has 0 aliphatic carbocycles. The first kappa shape index (κ1) is 18.3. The molecule has 1 atom stereocenters. The molecular formula is C19H20F2N6O. The fourth-order valence-electron chi connectivity index (χ4n) is 3.75. The number of rotatable bonds is 3. The van der Waals surface area contributed by atoms with Crippen molar-refractivity contribution in [2.45, 2.75) is 25.3 Å². The van der Waals surface area contributed by atoms with Crippen LogP contribution in [0.5, 0.6) is 0 Å². The van der Waals surface area contributed by atoms with Crippen LogP contribution in [0.25, 0.3) is 0 Å². The lowest BCUT2D eigenvalue weighted by Crippen LogP contribution is -2.41. The van der Waals surface area contributed by atoms with E-state index < -0.39 is 17.7 Å². The van der Waals surface area contributed by atoms with Crippen LogP contribution >= 0.6 is 0 Å². The van der Waals surface area contributed by atoms with Crippen molar-refractivity contribution in [2.24, 2.45) is 11.0 Å². The summed E-state index contributed by atoms with van der Waals surface area (Å²) in [5.74, 6) is -0.499. The third-order valence-corrected chi connectivity index (χ3v) is 5.17. The number of halogens is 2. The smallest absolute Gasteiger partial charge is 0.246 e. The molecule has 1 amide bonds. The van der Waals surface area contributed by atoms with Gasteiger partial charge in [0.2, 0.25) is 5.91 Å². The second kappa shape index (κ2) is 7.49.